The molecule has 5 nitrogen and oxygen atoms in total. The fourth-order valence-electron chi connectivity index (χ4n) is 2.39. The Morgan fingerprint density at radius 3 is 2.80 bits per heavy atom. The second kappa shape index (κ2) is 5.05. The summed E-state index contributed by atoms with van der Waals surface area (Å²) >= 11 is 0. The number of anilines is 1. The van der Waals surface area contributed by atoms with E-state index in [-0.39, 0.29) is 17.6 Å². The molecular weight excluding hydrogens is 259 g/mol. The van der Waals surface area contributed by atoms with Crippen molar-refractivity contribution in [2.24, 2.45) is 11.7 Å². The molecule has 3 N–H and O–H groups in total. The highest BCUT2D eigenvalue weighted by Gasteiger charge is 2.31. The van der Waals surface area contributed by atoms with Crippen molar-refractivity contribution in [3.63, 3.8) is 0 Å². The van der Waals surface area contributed by atoms with Crippen molar-refractivity contribution in [3.8, 4) is 11.3 Å². The number of nitrogens with zero attached hydrogens (tertiary/aromatic N) is 2. The van der Waals surface area contributed by atoms with Gasteiger partial charge in [0.25, 0.3) is 0 Å². The maximum absolute atomic E-state index is 12.9. The fraction of sp³-hybridized carbons (Fsp3) is 0.286. The minimum Gasteiger partial charge on any atom is -0.330 e. The molecule has 1 unspecified atom stereocenters. The highest BCUT2D eigenvalue weighted by atomic mass is 19.1. The number of rotatable bonds is 3. The van der Waals surface area contributed by atoms with E-state index in [4.69, 9.17) is 5.73 Å². The molecule has 0 spiro atoms. The van der Waals surface area contributed by atoms with Gasteiger partial charge >= 0.3 is 0 Å². The van der Waals surface area contributed by atoms with Crippen LogP contribution in [0.4, 0.5) is 10.2 Å². The summed E-state index contributed by atoms with van der Waals surface area (Å²) in [7, 11) is 0. The Balaban J connectivity index is 1.83. The summed E-state index contributed by atoms with van der Waals surface area (Å²) in [6.45, 7) is 1.10. The van der Waals surface area contributed by atoms with Gasteiger partial charge in [0, 0.05) is 19.0 Å². The van der Waals surface area contributed by atoms with E-state index in [0.29, 0.717) is 25.3 Å². The van der Waals surface area contributed by atoms with Gasteiger partial charge in [-0.2, -0.15) is 5.10 Å². The third-order valence-electron chi connectivity index (χ3n) is 3.53. The molecule has 1 aromatic carbocycles. The van der Waals surface area contributed by atoms with Crippen molar-refractivity contribution in [3.05, 3.63) is 36.1 Å². The summed E-state index contributed by atoms with van der Waals surface area (Å²) in [4.78, 5) is 13.5. The van der Waals surface area contributed by atoms with Crippen molar-refractivity contribution in [1.29, 1.82) is 0 Å². The number of nitrogens with one attached hydrogen (secondary N) is 1. The van der Waals surface area contributed by atoms with Crippen molar-refractivity contribution in [1.82, 2.24) is 10.2 Å². The number of H-pyrrole nitrogens is 1. The summed E-state index contributed by atoms with van der Waals surface area (Å²) in [5.41, 5.74) is 7.18. The third kappa shape index (κ3) is 2.30. The zero-order valence-electron chi connectivity index (χ0n) is 10.8. The molecule has 2 aromatic rings. The first-order valence-corrected chi connectivity index (χ1v) is 6.49. The molecule has 1 aliphatic heterocycles. The first-order chi connectivity index (χ1) is 9.67. The summed E-state index contributed by atoms with van der Waals surface area (Å²) < 4.78 is 12.9. The van der Waals surface area contributed by atoms with Gasteiger partial charge in [-0.15, -0.1) is 0 Å². The van der Waals surface area contributed by atoms with Crippen molar-refractivity contribution in [2.45, 2.75) is 6.42 Å². The molecule has 1 fully saturated rings. The van der Waals surface area contributed by atoms with Crippen LogP contribution < -0.4 is 10.6 Å². The lowest BCUT2D eigenvalue weighted by Gasteiger charge is -2.12. The minimum atomic E-state index is -0.283. The van der Waals surface area contributed by atoms with Crippen LogP contribution in [0.2, 0.25) is 0 Å². The van der Waals surface area contributed by atoms with Crippen LogP contribution in [-0.4, -0.2) is 29.2 Å². The van der Waals surface area contributed by atoms with E-state index in [1.807, 2.05) is 0 Å². The topological polar surface area (TPSA) is 75.0 Å². The Labute approximate surface area is 115 Å². The number of hydrogen-bond acceptors (Lipinski definition) is 3. The maximum atomic E-state index is 12.9. The zero-order chi connectivity index (χ0) is 14.1. The van der Waals surface area contributed by atoms with Crippen LogP contribution >= 0.6 is 0 Å². The molecule has 1 atom stereocenters. The Morgan fingerprint density at radius 1 is 1.40 bits per heavy atom. The van der Waals surface area contributed by atoms with Gasteiger partial charge in [0.05, 0.1) is 5.69 Å². The molecular formula is C14H15FN4O. The summed E-state index contributed by atoms with van der Waals surface area (Å²) in [6, 6.07) is 7.91. The van der Waals surface area contributed by atoms with Crippen LogP contribution in [0.25, 0.3) is 11.3 Å². The molecule has 0 saturated carbocycles. The Hall–Kier alpha value is -2.21. The van der Waals surface area contributed by atoms with Crippen molar-refractivity contribution in [2.75, 3.05) is 18.0 Å². The molecule has 1 aliphatic rings. The lowest BCUT2D eigenvalue weighted by Crippen LogP contribution is -2.26. The average molecular weight is 274 g/mol. The van der Waals surface area contributed by atoms with Gasteiger partial charge in [-0.3, -0.25) is 14.8 Å². The van der Waals surface area contributed by atoms with Crippen LogP contribution in [-0.2, 0) is 4.79 Å². The minimum absolute atomic E-state index is 0.0395. The number of aromatic amines is 1. The molecule has 20 heavy (non-hydrogen) atoms. The van der Waals surface area contributed by atoms with Crippen molar-refractivity contribution < 1.29 is 9.18 Å². The molecule has 0 radical (unpaired) electrons. The third-order valence-corrected chi connectivity index (χ3v) is 3.53. The lowest BCUT2D eigenvalue weighted by atomic mass is 10.1. The summed E-state index contributed by atoms with van der Waals surface area (Å²) in [5.74, 6) is 0.533. The first-order valence-electron chi connectivity index (χ1n) is 6.49. The van der Waals surface area contributed by atoms with E-state index in [1.54, 1.807) is 23.1 Å². The van der Waals surface area contributed by atoms with Crippen molar-refractivity contribution >= 4 is 11.7 Å². The number of aromatic nitrogens is 2. The standard InChI is InChI=1S/C14H15FN4O/c15-11-3-1-10(2-4-11)12-6-13(18-17-12)19-8-9(7-16)5-14(19)20/h1-4,6,9H,5,7-8,16H2,(H,17,18). The highest BCUT2D eigenvalue weighted by Crippen LogP contribution is 2.26. The van der Waals surface area contributed by atoms with Gasteiger partial charge in [0.2, 0.25) is 5.91 Å². The largest absolute Gasteiger partial charge is 0.330 e. The molecule has 0 bridgehead atoms. The van der Waals surface area contributed by atoms with E-state index in [2.05, 4.69) is 10.2 Å². The predicted octanol–water partition coefficient (Wildman–Crippen LogP) is 1.53. The molecule has 3 rings (SSSR count). The smallest absolute Gasteiger partial charge is 0.228 e. The van der Waals surface area contributed by atoms with Gasteiger partial charge in [-0.25, -0.2) is 4.39 Å². The number of carbonyl (C=O) groups is 1. The lowest BCUT2D eigenvalue weighted by molar-refractivity contribution is -0.117. The Kier molecular flexibility index (Phi) is 3.23. The quantitative estimate of drug-likeness (QED) is 0.891. The van der Waals surface area contributed by atoms with Crippen LogP contribution in [0.1, 0.15) is 6.42 Å². The average Bonchev–Trinajstić information content (AvgIpc) is 3.06. The number of hydrogen-bond donors (Lipinski definition) is 2. The molecule has 6 heteroatoms. The summed E-state index contributed by atoms with van der Waals surface area (Å²) in [6.07, 6.45) is 0.468. The summed E-state index contributed by atoms with van der Waals surface area (Å²) in [5, 5.41) is 7.04. The van der Waals surface area contributed by atoms with E-state index in [0.717, 1.165) is 11.3 Å². The Morgan fingerprint density at radius 2 is 2.15 bits per heavy atom. The normalized spacial score (nSPS) is 18.8. The van der Waals surface area contributed by atoms with Gasteiger partial charge in [0.1, 0.15) is 5.82 Å². The van der Waals surface area contributed by atoms with Crippen LogP contribution in [0.3, 0.4) is 0 Å². The van der Waals surface area contributed by atoms with Crippen LogP contribution in [0.5, 0.6) is 0 Å². The van der Waals surface area contributed by atoms with E-state index < -0.39 is 0 Å². The number of carbonyl (C=O) groups excluding carboxylic acids is 1. The number of halogens is 1. The second-order valence-electron chi connectivity index (χ2n) is 4.96. The van der Waals surface area contributed by atoms with Gasteiger partial charge < -0.3 is 5.73 Å². The van der Waals surface area contributed by atoms with E-state index in [9.17, 15) is 9.18 Å². The Bertz CT molecular complexity index is 622. The molecule has 0 aliphatic carbocycles. The SMILES string of the molecule is NCC1CC(=O)N(c2cc(-c3ccc(F)cc3)[nH]n2)C1. The van der Waals surface area contributed by atoms with Gasteiger partial charge in [-0.1, -0.05) is 0 Å². The molecule has 1 saturated heterocycles. The van der Waals surface area contributed by atoms with Crippen LogP contribution in [0, 0.1) is 11.7 Å². The number of benzene rings is 1. The molecule has 104 valence electrons. The van der Waals surface area contributed by atoms with Crippen LogP contribution in [0.15, 0.2) is 30.3 Å². The van der Waals surface area contributed by atoms with Gasteiger partial charge in [-0.05, 0) is 42.3 Å². The fourth-order valence-corrected chi connectivity index (χ4v) is 2.39. The van der Waals surface area contributed by atoms with E-state index in [1.165, 1.54) is 12.1 Å². The molecule has 1 amide bonds. The van der Waals surface area contributed by atoms with Gasteiger partial charge in [0.15, 0.2) is 5.82 Å². The van der Waals surface area contributed by atoms with E-state index >= 15 is 0 Å². The number of nitrogens with two attached hydrogens (primary N) is 1. The first kappa shape index (κ1) is 12.8. The number of amides is 1. The highest BCUT2D eigenvalue weighted by molar-refractivity contribution is 5.95. The molecule has 1 aromatic heterocycles. The monoisotopic (exact) mass is 274 g/mol. The zero-order valence-corrected chi connectivity index (χ0v) is 10.8. The maximum Gasteiger partial charge on any atom is 0.228 e. The predicted molar refractivity (Wildman–Crippen MR) is 73.5 cm³/mol. The second-order valence-corrected chi connectivity index (χ2v) is 4.96. The molecule has 2 heterocycles.